The highest BCUT2D eigenvalue weighted by atomic mass is 32.2. The third kappa shape index (κ3) is 4.87. The highest BCUT2D eigenvalue weighted by molar-refractivity contribution is 8.00. The monoisotopic (exact) mass is 400 g/mol. The van der Waals surface area contributed by atoms with Crippen molar-refractivity contribution in [1.29, 1.82) is 0 Å². The second-order valence-electron chi connectivity index (χ2n) is 7.69. The number of carbonyl (C=O) groups is 1. The van der Waals surface area contributed by atoms with Crippen LogP contribution < -0.4 is 5.32 Å². The van der Waals surface area contributed by atoms with Gasteiger partial charge in [0.2, 0.25) is 5.91 Å². The summed E-state index contributed by atoms with van der Waals surface area (Å²) in [6.07, 6.45) is 12.2. The molecule has 4 rings (SSSR count). The summed E-state index contributed by atoms with van der Waals surface area (Å²) in [6.45, 7) is 3.25. The minimum Gasteiger partial charge on any atom is -0.467 e. The van der Waals surface area contributed by atoms with Gasteiger partial charge in [0.25, 0.3) is 0 Å². The molecule has 0 aliphatic heterocycles. The molecule has 1 amide bonds. The molecular formula is C21H28N4O2S. The van der Waals surface area contributed by atoms with Gasteiger partial charge >= 0.3 is 0 Å². The van der Waals surface area contributed by atoms with E-state index >= 15 is 0 Å². The van der Waals surface area contributed by atoms with Gasteiger partial charge in [0.05, 0.1) is 18.1 Å². The molecule has 0 saturated heterocycles. The van der Waals surface area contributed by atoms with Crippen molar-refractivity contribution in [3.63, 3.8) is 0 Å². The molecule has 1 saturated carbocycles. The Labute approximate surface area is 170 Å². The Kier molecular flexibility index (Phi) is 6.20. The van der Waals surface area contributed by atoms with Crippen LogP contribution in [0.1, 0.15) is 69.4 Å². The van der Waals surface area contributed by atoms with Crippen LogP contribution >= 0.6 is 11.8 Å². The van der Waals surface area contributed by atoms with Crippen molar-refractivity contribution in [1.82, 2.24) is 20.1 Å². The summed E-state index contributed by atoms with van der Waals surface area (Å²) in [4.78, 5) is 12.5. The van der Waals surface area contributed by atoms with E-state index < -0.39 is 0 Å². The maximum Gasteiger partial charge on any atom is 0.233 e. The molecule has 150 valence electrons. The van der Waals surface area contributed by atoms with E-state index in [0.717, 1.165) is 36.0 Å². The minimum absolute atomic E-state index is 0.0573. The zero-order chi connectivity index (χ0) is 19.3. The number of hydrogen-bond acceptors (Lipinski definition) is 5. The lowest BCUT2D eigenvalue weighted by Crippen LogP contribution is -2.32. The van der Waals surface area contributed by atoms with Crippen molar-refractivity contribution in [3.8, 4) is 0 Å². The highest BCUT2D eigenvalue weighted by Crippen LogP contribution is 2.40. The fraction of sp³-hybridized carbons (Fsp3) is 0.571. The maximum atomic E-state index is 12.5. The van der Waals surface area contributed by atoms with Crippen molar-refractivity contribution in [3.05, 3.63) is 41.6 Å². The van der Waals surface area contributed by atoms with Crippen LogP contribution in [0.15, 0.2) is 39.6 Å². The van der Waals surface area contributed by atoms with Gasteiger partial charge in [-0.05, 0) is 64.0 Å². The first-order valence-corrected chi connectivity index (χ1v) is 11.2. The van der Waals surface area contributed by atoms with Gasteiger partial charge in [-0.15, -0.1) is 10.2 Å². The van der Waals surface area contributed by atoms with Crippen LogP contribution in [0, 0.1) is 0 Å². The number of aromatic nitrogens is 3. The summed E-state index contributed by atoms with van der Waals surface area (Å²) in [5.41, 5.74) is 1.49. The molecule has 2 aliphatic carbocycles. The summed E-state index contributed by atoms with van der Waals surface area (Å²) in [5, 5.41) is 12.4. The number of rotatable bonds is 9. The van der Waals surface area contributed by atoms with E-state index in [9.17, 15) is 4.79 Å². The van der Waals surface area contributed by atoms with Crippen molar-refractivity contribution in [2.24, 2.45) is 0 Å². The van der Waals surface area contributed by atoms with Gasteiger partial charge in [-0.1, -0.05) is 23.4 Å². The number of hydrogen-bond donors (Lipinski definition) is 1. The summed E-state index contributed by atoms with van der Waals surface area (Å²) in [6, 6.07) is 3.85. The van der Waals surface area contributed by atoms with Crippen molar-refractivity contribution in [2.75, 3.05) is 6.54 Å². The summed E-state index contributed by atoms with van der Waals surface area (Å²) >= 11 is 1.47. The van der Waals surface area contributed by atoms with Crippen LogP contribution in [0.2, 0.25) is 0 Å². The van der Waals surface area contributed by atoms with E-state index in [1.807, 2.05) is 19.1 Å². The number of nitrogens with zero attached hydrogens (tertiary/aromatic N) is 3. The minimum atomic E-state index is -0.216. The Hall–Kier alpha value is -2.02. The molecule has 28 heavy (non-hydrogen) atoms. The lowest BCUT2D eigenvalue weighted by atomic mass is 9.97. The van der Waals surface area contributed by atoms with Crippen molar-refractivity contribution in [2.45, 2.75) is 74.7 Å². The van der Waals surface area contributed by atoms with Crippen LogP contribution in [0.25, 0.3) is 0 Å². The van der Waals surface area contributed by atoms with E-state index in [1.165, 1.54) is 43.0 Å². The van der Waals surface area contributed by atoms with Crippen LogP contribution in [0.5, 0.6) is 0 Å². The molecule has 0 spiro atoms. The average Bonchev–Trinajstić information content (AvgIpc) is 3.28. The van der Waals surface area contributed by atoms with E-state index in [-0.39, 0.29) is 11.2 Å². The molecule has 1 N–H and O–H groups in total. The largest absolute Gasteiger partial charge is 0.467 e. The van der Waals surface area contributed by atoms with Crippen LogP contribution in [0.3, 0.4) is 0 Å². The van der Waals surface area contributed by atoms with Crippen LogP contribution in [-0.2, 0) is 11.3 Å². The topological polar surface area (TPSA) is 73.0 Å². The number of furan rings is 1. The molecule has 1 unspecified atom stereocenters. The molecule has 2 aromatic heterocycles. The third-order valence-corrected chi connectivity index (χ3v) is 6.44. The molecule has 0 radical (unpaired) electrons. The van der Waals surface area contributed by atoms with E-state index in [4.69, 9.17) is 4.42 Å². The Morgan fingerprint density at radius 1 is 1.39 bits per heavy atom. The lowest BCUT2D eigenvalue weighted by Gasteiger charge is -2.15. The molecule has 2 aromatic rings. The van der Waals surface area contributed by atoms with Gasteiger partial charge in [0, 0.05) is 12.5 Å². The first-order valence-electron chi connectivity index (χ1n) is 10.3. The zero-order valence-electron chi connectivity index (χ0n) is 16.4. The number of allylic oxidation sites excluding steroid dienone is 1. The van der Waals surface area contributed by atoms with Gasteiger partial charge in [-0.25, -0.2) is 0 Å². The van der Waals surface area contributed by atoms with Gasteiger partial charge in [-0.2, -0.15) is 0 Å². The number of nitrogens with one attached hydrogen (secondary N) is 1. The van der Waals surface area contributed by atoms with Crippen LogP contribution in [0.4, 0.5) is 0 Å². The van der Waals surface area contributed by atoms with E-state index in [2.05, 4.69) is 26.2 Å². The summed E-state index contributed by atoms with van der Waals surface area (Å²) < 4.78 is 7.62. The highest BCUT2D eigenvalue weighted by Gasteiger charge is 2.31. The Balaban J connectivity index is 1.34. The van der Waals surface area contributed by atoms with E-state index in [1.54, 1.807) is 6.26 Å². The quantitative estimate of drug-likeness (QED) is 0.502. The number of carbonyl (C=O) groups excluding carboxylic acids is 1. The molecule has 1 fully saturated rings. The zero-order valence-corrected chi connectivity index (χ0v) is 17.2. The molecule has 0 bridgehead atoms. The molecule has 7 heteroatoms. The summed E-state index contributed by atoms with van der Waals surface area (Å²) in [5.74, 6) is 2.43. The van der Waals surface area contributed by atoms with Gasteiger partial charge in [0.15, 0.2) is 5.16 Å². The second kappa shape index (κ2) is 8.99. The van der Waals surface area contributed by atoms with Gasteiger partial charge in [-0.3, -0.25) is 9.36 Å². The molecule has 0 aromatic carbocycles. The van der Waals surface area contributed by atoms with Gasteiger partial charge < -0.3 is 9.73 Å². The third-order valence-electron chi connectivity index (χ3n) is 5.36. The fourth-order valence-corrected chi connectivity index (χ4v) is 4.45. The smallest absolute Gasteiger partial charge is 0.233 e. The standard InChI is InChI=1S/C21H28N4O2S/c1-15(20(26)22-12-11-16-6-3-2-4-7-16)28-21-24-23-19(17-9-10-17)25(21)14-18-8-5-13-27-18/h5-6,8,13,15,17H,2-4,7,9-12,14H2,1H3,(H,22,26). The average molecular weight is 401 g/mol. The molecule has 2 aliphatic rings. The first kappa shape index (κ1) is 19.3. The lowest BCUT2D eigenvalue weighted by molar-refractivity contribution is -0.120. The first-order chi connectivity index (χ1) is 13.7. The molecule has 1 atom stereocenters. The van der Waals surface area contributed by atoms with Crippen molar-refractivity contribution >= 4 is 17.7 Å². The number of amides is 1. The number of thioether (sulfide) groups is 1. The Morgan fingerprint density at radius 2 is 2.29 bits per heavy atom. The predicted octanol–water partition coefficient (Wildman–Crippen LogP) is 4.28. The normalized spacial score (nSPS) is 18.0. The SMILES string of the molecule is CC(Sc1nnc(C2CC2)n1Cc1ccco1)C(=O)NCCC1=CCCCC1. The molecule has 2 heterocycles. The molecule has 6 nitrogen and oxygen atoms in total. The summed E-state index contributed by atoms with van der Waals surface area (Å²) in [7, 11) is 0. The van der Waals surface area contributed by atoms with Crippen LogP contribution in [-0.4, -0.2) is 32.5 Å². The van der Waals surface area contributed by atoms with Crippen molar-refractivity contribution < 1.29 is 9.21 Å². The van der Waals surface area contributed by atoms with Gasteiger partial charge in [0.1, 0.15) is 11.6 Å². The maximum absolute atomic E-state index is 12.5. The Morgan fingerprint density at radius 3 is 3.00 bits per heavy atom. The van der Waals surface area contributed by atoms with E-state index in [0.29, 0.717) is 19.0 Å². The second-order valence-corrected chi connectivity index (χ2v) is 9.00. The predicted molar refractivity (Wildman–Crippen MR) is 109 cm³/mol. The Bertz CT molecular complexity index is 824. The molecular weight excluding hydrogens is 372 g/mol. The fourth-order valence-electron chi connectivity index (χ4n) is 3.57.